The Kier molecular flexibility index (Phi) is 6.66. The molecule has 0 aromatic heterocycles. The molecule has 6 nitrogen and oxygen atoms in total. The molecule has 6 fully saturated rings. The second-order valence-corrected chi connectivity index (χ2v) is 17.3. The van der Waals surface area contributed by atoms with Crippen molar-refractivity contribution in [3.63, 3.8) is 0 Å². The number of carbonyl (C=O) groups is 3. The molecule has 0 aromatic carbocycles. The third-order valence-corrected chi connectivity index (χ3v) is 14.1. The fourth-order valence-corrected chi connectivity index (χ4v) is 12.7. The first-order valence-corrected chi connectivity index (χ1v) is 17.7. The van der Waals surface area contributed by atoms with Crippen molar-refractivity contribution < 1.29 is 29.0 Å². The maximum atomic E-state index is 14.0. The average molecular weight is 615 g/mol. The lowest BCUT2D eigenvalue weighted by molar-refractivity contribution is -0.166. The van der Waals surface area contributed by atoms with Crippen LogP contribution in [0.1, 0.15) is 98.3 Å². The lowest BCUT2D eigenvalue weighted by Crippen LogP contribution is -2.49. The summed E-state index contributed by atoms with van der Waals surface area (Å²) < 4.78 is 12.6. The van der Waals surface area contributed by atoms with Gasteiger partial charge in [0.05, 0.1) is 12.0 Å². The number of esters is 2. The predicted molar refractivity (Wildman–Crippen MR) is 169 cm³/mol. The van der Waals surface area contributed by atoms with Crippen molar-refractivity contribution in [3.05, 3.63) is 47.1 Å². The highest BCUT2D eigenvalue weighted by Crippen LogP contribution is 2.76. The Labute approximate surface area is 267 Å². The molecule has 0 aromatic rings. The number of ketones is 1. The van der Waals surface area contributed by atoms with Crippen LogP contribution in [0.5, 0.6) is 0 Å². The van der Waals surface area contributed by atoms with Crippen LogP contribution in [-0.4, -0.2) is 40.6 Å². The van der Waals surface area contributed by atoms with E-state index in [0.29, 0.717) is 17.6 Å². The highest BCUT2D eigenvalue weighted by Gasteiger charge is 2.80. The molecule has 1 N–H and O–H groups in total. The molecule has 242 valence electrons. The molecule has 0 radical (unpaired) electrons. The maximum Gasteiger partial charge on any atom is 0.338 e. The maximum absolute atomic E-state index is 14.0. The van der Waals surface area contributed by atoms with Gasteiger partial charge in [0.15, 0.2) is 5.78 Å². The van der Waals surface area contributed by atoms with Gasteiger partial charge in [0, 0.05) is 23.7 Å². The summed E-state index contributed by atoms with van der Waals surface area (Å²) in [6.07, 6.45) is 20.7. The summed E-state index contributed by atoms with van der Waals surface area (Å²) in [7, 11) is 0. The Bertz CT molecular complexity index is 1420. The molecule has 0 saturated heterocycles. The summed E-state index contributed by atoms with van der Waals surface area (Å²) in [5.74, 6) is 1.66. The van der Waals surface area contributed by atoms with E-state index in [1.54, 1.807) is 6.92 Å². The van der Waals surface area contributed by atoms with E-state index in [1.165, 1.54) is 38.5 Å². The lowest BCUT2D eigenvalue weighted by Gasteiger charge is -2.56. The van der Waals surface area contributed by atoms with Gasteiger partial charge in [-0.25, -0.2) is 4.79 Å². The van der Waals surface area contributed by atoms with Crippen LogP contribution in [-0.2, 0) is 23.9 Å². The second kappa shape index (κ2) is 10.0. The Morgan fingerprint density at radius 2 is 1.69 bits per heavy atom. The van der Waals surface area contributed by atoms with Gasteiger partial charge in [0.1, 0.15) is 17.8 Å². The topological polar surface area (TPSA) is 89.9 Å². The molecule has 6 saturated carbocycles. The summed E-state index contributed by atoms with van der Waals surface area (Å²) in [4.78, 5) is 40.4. The third-order valence-electron chi connectivity index (χ3n) is 14.1. The minimum absolute atomic E-state index is 0.00688. The number of aliphatic hydroxyl groups is 1. The van der Waals surface area contributed by atoms with E-state index in [9.17, 15) is 19.5 Å². The van der Waals surface area contributed by atoms with Crippen molar-refractivity contribution >= 4 is 17.7 Å². The van der Waals surface area contributed by atoms with Gasteiger partial charge in [-0.2, -0.15) is 0 Å². The van der Waals surface area contributed by atoms with Crippen LogP contribution in [0.3, 0.4) is 0 Å². The quantitative estimate of drug-likeness (QED) is 0.261. The zero-order chi connectivity index (χ0) is 31.5. The Hall–Kier alpha value is -2.47. The van der Waals surface area contributed by atoms with E-state index in [-0.39, 0.29) is 71.2 Å². The predicted octanol–water partition coefficient (Wildman–Crippen LogP) is 6.83. The standard InChI is InChI=1S/C39H50O6/c1-22-10-30-32-23(2)15-39(45-31(40)20-37-16-24-11-25(17-37)13-26(12-24)18-37)33(36(39,3)4)29(32)14-27(19-38(30,43)34(22)41)21-44-35(42)28-8-6-5-7-9-28/h6,8-10,14,23-26,29-30,32-33,43H,5,7,11-13,15-21H2,1-4H3/t23?,24?,25?,26?,29-,30+,32?,33-,37?,38-,39+/m1/s1. The van der Waals surface area contributed by atoms with Crippen LogP contribution in [0.25, 0.3) is 0 Å². The zero-order valence-corrected chi connectivity index (χ0v) is 27.5. The average Bonchev–Trinajstić information content (AvgIpc) is 3.40. The van der Waals surface area contributed by atoms with E-state index in [1.807, 2.05) is 24.3 Å². The van der Waals surface area contributed by atoms with Crippen molar-refractivity contribution in [2.24, 2.45) is 58.2 Å². The Morgan fingerprint density at radius 1 is 1.00 bits per heavy atom. The van der Waals surface area contributed by atoms with Gasteiger partial charge < -0.3 is 14.6 Å². The zero-order valence-electron chi connectivity index (χ0n) is 27.5. The van der Waals surface area contributed by atoms with E-state index in [4.69, 9.17) is 9.47 Å². The summed E-state index contributed by atoms with van der Waals surface area (Å²) in [6.45, 7) is 8.52. The van der Waals surface area contributed by atoms with E-state index < -0.39 is 11.2 Å². The molecule has 6 heteroatoms. The molecule has 9 rings (SSSR count). The molecular weight excluding hydrogens is 564 g/mol. The van der Waals surface area contributed by atoms with Gasteiger partial charge in [-0.15, -0.1) is 0 Å². The van der Waals surface area contributed by atoms with E-state index in [2.05, 4.69) is 26.8 Å². The van der Waals surface area contributed by atoms with Crippen molar-refractivity contribution in [2.75, 3.05) is 6.61 Å². The molecule has 0 spiro atoms. The smallest absolute Gasteiger partial charge is 0.338 e. The number of fused-ring (bicyclic) bond motifs is 5. The molecular formula is C39H50O6. The van der Waals surface area contributed by atoms with E-state index >= 15 is 0 Å². The van der Waals surface area contributed by atoms with Gasteiger partial charge in [0.25, 0.3) is 0 Å². The molecule has 0 aliphatic heterocycles. The number of allylic oxidation sites excluding steroid dienone is 3. The third kappa shape index (κ3) is 4.47. The van der Waals surface area contributed by atoms with Gasteiger partial charge in [-0.3, -0.25) is 9.59 Å². The number of Topliss-reactive ketones (excluding diaryl/α,β-unsaturated/α-hetero) is 1. The first-order valence-electron chi connectivity index (χ1n) is 17.7. The summed E-state index contributed by atoms with van der Waals surface area (Å²) in [5.41, 5.74) is -0.271. The first kappa shape index (κ1) is 29.9. The number of rotatable bonds is 6. The SMILES string of the molecule is CC1=C[C@H]2C3C(C)C[C@]4(OC(=O)CC56CC7CC(CC(C7)C5)C6)[C@H]([C@@H]3C=C(COC(=O)C3=CCCC=C3)C[C@]2(O)C1=O)C4(C)C. The number of hydrogen-bond acceptors (Lipinski definition) is 6. The van der Waals surface area contributed by atoms with Crippen molar-refractivity contribution in [3.8, 4) is 0 Å². The monoisotopic (exact) mass is 614 g/mol. The molecule has 0 heterocycles. The minimum atomic E-state index is -1.55. The molecule has 7 atom stereocenters. The van der Waals surface area contributed by atoms with Crippen molar-refractivity contribution in [1.82, 2.24) is 0 Å². The number of ether oxygens (including phenoxy) is 2. The minimum Gasteiger partial charge on any atom is -0.458 e. The Balaban J connectivity index is 1.08. The lowest BCUT2D eigenvalue weighted by atomic mass is 9.49. The summed E-state index contributed by atoms with van der Waals surface area (Å²) >= 11 is 0. The van der Waals surface area contributed by atoms with Gasteiger partial charge in [-0.05, 0) is 117 Å². The molecule has 2 unspecified atom stereocenters. The summed E-state index contributed by atoms with van der Waals surface area (Å²) in [5, 5.41) is 12.1. The van der Waals surface area contributed by atoms with Crippen LogP contribution < -0.4 is 0 Å². The van der Waals surface area contributed by atoms with Crippen molar-refractivity contribution in [1.29, 1.82) is 0 Å². The van der Waals surface area contributed by atoms with Crippen LogP contribution in [0.15, 0.2) is 47.1 Å². The molecule has 4 bridgehead atoms. The van der Waals surface area contributed by atoms with Gasteiger partial charge in [-0.1, -0.05) is 51.2 Å². The second-order valence-electron chi connectivity index (χ2n) is 17.3. The fraction of sp³-hybridized carbons (Fsp3) is 0.718. The largest absolute Gasteiger partial charge is 0.458 e. The highest BCUT2D eigenvalue weighted by molar-refractivity contribution is 6.04. The number of carbonyl (C=O) groups excluding carboxylic acids is 3. The van der Waals surface area contributed by atoms with Crippen LogP contribution in [0, 0.1) is 58.2 Å². The van der Waals surface area contributed by atoms with E-state index in [0.717, 1.165) is 42.6 Å². The van der Waals surface area contributed by atoms with Crippen LogP contribution in [0.4, 0.5) is 0 Å². The normalized spacial score (nSPS) is 46.6. The van der Waals surface area contributed by atoms with Crippen molar-refractivity contribution in [2.45, 2.75) is 110 Å². The van der Waals surface area contributed by atoms with Crippen LogP contribution >= 0.6 is 0 Å². The van der Waals surface area contributed by atoms with Crippen LogP contribution in [0.2, 0.25) is 0 Å². The first-order chi connectivity index (χ1) is 21.3. The molecule has 45 heavy (non-hydrogen) atoms. The van der Waals surface area contributed by atoms with Gasteiger partial charge in [0.2, 0.25) is 0 Å². The highest BCUT2D eigenvalue weighted by atomic mass is 16.6. The molecule has 9 aliphatic carbocycles. The van der Waals surface area contributed by atoms with Gasteiger partial charge >= 0.3 is 11.9 Å². The Morgan fingerprint density at radius 3 is 2.33 bits per heavy atom. The summed E-state index contributed by atoms with van der Waals surface area (Å²) in [6, 6.07) is 0. The fourth-order valence-electron chi connectivity index (χ4n) is 12.7. The molecule has 0 amide bonds. The number of hydrogen-bond donors (Lipinski definition) is 1. The molecule has 9 aliphatic rings.